The summed E-state index contributed by atoms with van der Waals surface area (Å²) in [6.45, 7) is 2.35. The molecule has 0 radical (unpaired) electrons. The molecule has 0 spiro atoms. The second-order valence-corrected chi connectivity index (χ2v) is 7.53. The molecule has 1 N–H and O–H groups in total. The van der Waals surface area contributed by atoms with E-state index >= 15 is 0 Å². The van der Waals surface area contributed by atoms with Crippen LogP contribution in [-0.4, -0.2) is 11.1 Å². The Morgan fingerprint density at radius 3 is 2.14 bits per heavy atom. The van der Waals surface area contributed by atoms with Gasteiger partial charge in [0, 0.05) is 0 Å². The average molecular weight is 300 g/mol. The summed E-state index contributed by atoms with van der Waals surface area (Å²) in [6, 6.07) is 8.62. The Balaban J connectivity index is 1.79. The van der Waals surface area contributed by atoms with Gasteiger partial charge in [0.2, 0.25) is 0 Å². The van der Waals surface area contributed by atoms with E-state index in [0.717, 1.165) is 37.2 Å². The Morgan fingerprint density at radius 2 is 1.59 bits per heavy atom. The van der Waals surface area contributed by atoms with Gasteiger partial charge in [0.15, 0.2) is 0 Å². The van der Waals surface area contributed by atoms with Crippen molar-refractivity contribution in [1.82, 2.24) is 0 Å². The summed E-state index contributed by atoms with van der Waals surface area (Å²) in [6.07, 6.45) is 10.0. The average Bonchev–Trinajstić information content (AvgIpc) is 2.56. The fourth-order valence-electron chi connectivity index (χ4n) is 4.45. The molecule has 0 atom stereocenters. The second kappa shape index (κ2) is 6.44. The lowest BCUT2D eigenvalue weighted by atomic mass is 9.69. The normalized spacial score (nSPS) is 28.2. The molecule has 2 aliphatic carbocycles. The first kappa shape index (κ1) is 15.6. The quantitative estimate of drug-likeness (QED) is 0.826. The van der Waals surface area contributed by atoms with E-state index in [1.165, 1.54) is 37.7 Å². The molecule has 22 heavy (non-hydrogen) atoms. The standard InChI is InChI=1S/C20H28O2/c1-15-5-7-16(8-6-15)17-9-11-18(12-10-17)20(19(21)22)13-3-2-4-14-20/h9-12,15-16H,2-8,13-14H2,1H3,(H,21,22). The van der Waals surface area contributed by atoms with Crippen LogP contribution in [0.1, 0.15) is 81.8 Å². The summed E-state index contributed by atoms with van der Waals surface area (Å²) in [5.74, 6) is 0.914. The van der Waals surface area contributed by atoms with Gasteiger partial charge in [0.1, 0.15) is 0 Å². The van der Waals surface area contributed by atoms with Crippen LogP contribution in [0.25, 0.3) is 0 Å². The molecule has 120 valence electrons. The first-order valence-electron chi connectivity index (χ1n) is 8.96. The molecule has 0 amide bonds. The number of rotatable bonds is 3. The molecule has 0 aliphatic heterocycles. The molecular weight excluding hydrogens is 272 g/mol. The first-order chi connectivity index (χ1) is 10.6. The first-order valence-corrected chi connectivity index (χ1v) is 8.96. The van der Waals surface area contributed by atoms with E-state index in [-0.39, 0.29) is 0 Å². The van der Waals surface area contributed by atoms with Crippen LogP contribution in [0.5, 0.6) is 0 Å². The van der Waals surface area contributed by atoms with Gasteiger partial charge in [-0.2, -0.15) is 0 Å². The summed E-state index contributed by atoms with van der Waals surface area (Å²) in [5, 5.41) is 9.79. The number of carboxylic acids is 1. The summed E-state index contributed by atoms with van der Waals surface area (Å²) in [5.41, 5.74) is 1.80. The maximum atomic E-state index is 11.9. The highest BCUT2D eigenvalue weighted by Crippen LogP contribution is 2.41. The SMILES string of the molecule is CC1CCC(c2ccc(C3(C(=O)O)CCCCC3)cc2)CC1. The monoisotopic (exact) mass is 300 g/mol. The zero-order valence-corrected chi connectivity index (χ0v) is 13.7. The van der Waals surface area contributed by atoms with E-state index in [1.54, 1.807) is 0 Å². The predicted molar refractivity (Wildman–Crippen MR) is 89.2 cm³/mol. The third-order valence-electron chi connectivity index (χ3n) is 6.07. The maximum absolute atomic E-state index is 11.9. The molecule has 2 saturated carbocycles. The van der Waals surface area contributed by atoms with E-state index in [9.17, 15) is 9.90 Å². The van der Waals surface area contributed by atoms with Crippen molar-refractivity contribution in [2.75, 3.05) is 0 Å². The third kappa shape index (κ3) is 2.93. The minimum Gasteiger partial charge on any atom is -0.481 e. The molecular formula is C20H28O2. The van der Waals surface area contributed by atoms with E-state index in [2.05, 4.69) is 31.2 Å². The van der Waals surface area contributed by atoms with Crippen LogP contribution in [0.2, 0.25) is 0 Å². The fraction of sp³-hybridized carbons (Fsp3) is 0.650. The van der Waals surface area contributed by atoms with Crippen LogP contribution >= 0.6 is 0 Å². The summed E-state index contributed by atoms with van der Waals surface area (Å²) < 4.78 is 0. The van der Waals surface area contributed by atoms with Crippen LogP contribution in [-0.2, 0) is 10.2 Å². The van der Waals surface area contributed by atoms with Gasteiger partial charge in [0.05, 0.1) is 5.41 Å². The van der Waals surface area contributed by atoms with Gasteiger partial charge < -0.3 is 5.11 Å². The predicted octanol–water partition coefficient (Wildman–Crippen LogP) is 5.27. The van der Waals surface area contributed by atoms with Gasteiger partial charge in [-0.25, -0.2) is 0 Å². The van der Waals surface area contributed by atoms with Gasteiger partial charge >= 0.3 is 5.97 Å². The molecule has 2 aliphatic rings. The lowest BCUT2D eigenvalue weighted by Crippen LogP contribution is -2.37. The summed E-state index contributed by atoms with van der Waals surface area (Å²) in [4.78, 5) is 11.9. The summed E-state index contributed by atoms with van der Waals surface area (Å²) in [7, 11) is 0. The van der Waals surface area contributed by atoms with E-state index in [4.69, 9.17) is 0 Å². The van der Waals surface area contributed by atoms with Crippen LogP contribution in [0.4, 0.5) is 0 Å². The van der Waals surface area contributed by atoms with Gasteiger partial charge in [-0.1, -0.05) is 63.3 Å². The van der Waals surface area contributed by atoms with Crippen molar-refractivity contribution in [3.8, 4) is 0 Å². The van der Waals surface area contributed by atoms with Crippen molar-refractivity contribution in [3.63, 3.8) is 0 Å². The van der Waals surface area contributed by atoms with Crippen molar-refractivity contribution in [2.45, 2.75) is 76.0 Å². The van der Waals surface area contributed by atoms with Gasteiger partial charge in [-0.05, 0) is 48.6 Å². The van der Waals surface area contributed by atoms with Crippen LogP contribution in [0.3, 0.4) is 0 Å². The molecule has 0 unspecified atom stereocenters. The summed E-state index contributed by atoms with van der Waals surface area (Å²) >= 11 is 0. The third-order valence-corrected chi connectivity index (χ3v) is 6.07. The second-order valence-electron chi connectivity index (χ2n) is 7.53. The maximum Gasteiger partial charge on any atom is 0.314 e. The lowest BCUT2D eigenvalue weighted by molar-refractivity contribution is -0.145. The Kier molecular flexibility index (Phi) is 4.56. The van der Waals surface area contributed by atoms with Crippen molar-refractivity contribution in [2.24, 2.45) is 5.92 Å². The van der Waals surface area contributed by atoms with Gasteiger partial charge in [0.25, 0.3) is 0 Å². The molecule has 0 saturated heterocycles. The van der Waals surface area contributed by atoms with Gasteiger partial charge in [-0.3, -0.25) is 4.79 Å². The van der Waals surface area contributed by atoms with Crippen LogP contribution in [0.15, 0.2) is 24.3 Å². The number of hydrogen-bond donors (Lipinski definition) is 1. The lowest BCUT2D eigenvalue weighted by Gasteiger charge is -2.34. The van der Waals surface area contributed by atoms with Crippen molar-refractivity contribution in [1.29, 1.82) is 0 Å². The topological polar surface area (TPSA) is 37.3 Å². The van der Waals surface area contributed by atoms with Crippen molar-refractivity contribution < 1.29 is 9.90 Å². The Bertz CT molecular complexity index is 503. The molecule has 3 rings (SSSR count). The fourth-order valence-corrected chi connectivity index (χ4v) is 4.45. The smallest absolute Gasteiger partial charge is 0.314 e. The van der Waals surface area contributed by atoms with Crippen LogP contribution < -0.4 is 0 Å². The molecule has 1 aromatic rings. The highest BCUT2D eigenvalue weighted by atomic mass is 16.4. The molecule has 1 aromatic carbocycles. The zero-order valence-electron chi connectivity index (χ0n) is 13.7. The van der Waals surface area contributed by atoms with Crippen LogP contribution in [0, 0.1) is 5.92 Å². The highest BCUT2D eigenvalue weighted by Gasteiger charge is 2.41. The van der Waals surface area contributed by atoms with Crippen molar-refractivity contribution in [3.05, 3.63) is 35.4 Å². The minimum atomic E-state index is -0.633. The Morgan fingerprint density at radius 1 is 1.00 bits per heavy atom. The molecule has 2 heteroatoms. The largest absolute Gasteiger partial charge is 0.481 e. The minimum absolute atomic E-state index is 0.627. The molecule has 0 aromatic heterocycles. The Labute approximate surface area is 133 Å². The highest BCUT2D eigenvalue weighted by molar-refractivity contribution is 5.81. The molecule has 2 nitrogen and oxygen atoms in total. The van der Waals surface area contributed by atoms with Gasteiger partial charge in [-0.15, -0.1) is 0 Å². The van der Waals surface area contributed by atoms with E-state index in [1.807, 2.05) is 0 Å². The number of benzene rings is 1. The number of carboxylic acid groups (broad SMARTS) is 1. The number of aliphatic carboxylic acids is 1. The Hall–Kier alpha value is -1.31. The van der Waals surface area contributed by atoms with E-state index < -0.39 is 11.4 Å². The molecule has 0 heterocycles. The molecule has 0 bridgehead atoms. The van der Waals surface area contributed by atoms with E-state index in [0.29, 0.717) is 5.92 Å². The molecule has 2 fully saturated rings. The van der Waals surface area contributed by atoms with Crippen molar-refractivity contribution >= 4 is 5.97 Å². The number of carbonyl (C=O) groups is 1. The number of hydrogen-bond acceptors (Lipinski definition) is 1. The zero-order chi connectivity index (χ0) is 15.6.